The number of hydrogen-bond donors (Lipinski definition) is 1. The van der Waals surface area contributed by atoms with Crippen LogP contribution in [0.5, 0.6) is 0 Å². The van der Waals surface area contributed by atoms with Crippen LogP contribution in [-0.2, 0) is 6.54 Å². The number of carbonyl (C=O) groups excluding carboxylic acids is 1. The Labute approximate surface area is 164 Å². The third kappa shape index (κ3) is 3.65. The van der Waals surface area contributed by atoms with Gasteiger partial charge in [-0.2, -0.15) is 0 Å². The minimum atomic E-state index is -0.260. The molecule has 2 heterocycles. The Balaban J connectivity index is 1.46. The van der Waals surface area contributed by atoms with Crippen molar-refractivity contribution in [3.8, 4) is 5.69 Å². The van der Waals surface area contributed by atoms with Gasteiger partial charge in [0.05, 0.1) is 16.3 Å². The molecule has 0 bridgehead atoms. The van der Waals surface area contributed by atoms with Crippen LogP contribution >= 0.6 is 23.2 Å². The molecule has 0 saturated heterocycles. The van der Waals surface area contributed by atoms with Gasteiger partial charge in [-0.3, -0.25) is 4.79 Å². The molecule has 0 spiro atoms. The maximum Gasteiger partial charge on any atom is 0.252 e. The third-order valence-electron chi connectivity index (χ3n) is 4.18. The van der Waals surface area contributed by atoms with E-state index >= 15 is 0 Å². The molecule has 1 N–H and O–H groups in total. The maximum atomic E-state index is 12.5. The number of nitrogens with zero attached hydrogens (tertiary/aromatic N) is 5. The van der Waals surface area contributed by atoms with Gasteiger partial charge in [-0.25, -0.2) is 4.68 Å². The Kier molecular flexibility index (Phi) is 4.79. The molecule has 136 valence electrons. The van der Waals surface area contributed by atoms with Crippen molar-refractivity contribution in [3.05, 3.63) is 70.6 Å². The summed E-state index contributed by atoms with van der Waals surface area (Å²) in [5.74, 6) is -0.260. The zero-order valence-corrected chi connectivity index (χ0v) is 15.5. The summed E-state index contributed by atoms with van der Waals surface area (Å²) in [5, 5.41) is 16.0. The van der Waals surface area contributed by atoms with Crippen molar-refractivity contribution >= 4 is 40.0 Å². The zero-order valence-electron chi connectivity index (χ0n) is 14.0. The number of benzene rings is 2. The van der Waals surface area contributed by atoms with Crippen LogP contribution in [0.4, 0.5) is 0 Å². The number of tetrazole rings is 1. The highest BCUT2D eigenvalue weighted by Crippen LogP contribution is 2.21. The summed E-state index contributed by atoms with van der Waals surface area (Å²) < 4.78 is 3.50. The minimum Gasteiger partial charge on any atom is -0.350 e. The molecule has 4 aromatic rings. The van der Waals surface area contributed by atoms with E-state index in [0.29, 0.717) is 34.4 Å². The number of carbonyl (C=O) groups is 1. The van der Waals surface area contributed by atoms with Crippen LogP contribution in [-0.4, -0.2) is 37.2 Å². The number of fused-ring (bicyclic) bond motifs is 1. The molecule has 1 amide bonds. The summed E-state index contributed by atoms with van der Waals surface area (Å²) in [6, 6.07) is 12.8. The Morgan fingerprint density at radius 1 is 1.11 bits per heavy atom. The fraction of sp³-hybridized carbons (Fsp3) is 0.111. The van der Waals surface area contributed by atoms with Gasteiger partial charge in [0, 0.05) is 29.8 Å². The molecule has 9 heteroatoms. The van der Waals surface area contributed by atoms with Gasteiger partial charge in [-0.05, 0) is 52.2 Å². The molecule has 0 atom stereocenters. The second kappa shape index (κ2) is 7.38. The quantitative estimate of drug-likeness (QED) is 0.557. The van der Waals surface area contributed by atoms with Crippen molar-refractivity contribution in [3.63, 3.8) is 0 Å². The van der Waals surface area contributed by atoms with Crippen molar-refractivity contribution in [1.82, 2.24) is 30.1 Å². The molecule has 0 saturated carbocycles. The second-order valence-electron chi connectivity index (χ2n) is 5.89. The van der Waals surface area contributed by atoms with E-state index in [9.17, 15) is 4.79 Å². The normalized spacial score (nSPS) is 11.0. The van der Waals surface area contributed by atoms with Crippen molar-refractivity contribution in [2.75, 3.05) is 6.54 Å². The minimum absolute atomic E-state index is 0.260. The van der Waals surface area contributed by atoms with Crippen LogP contribution in [0.15, 0.2) is 55.0 Å². The number of nitrogens with one attached hydrogen (secondary N) is 1. The highest BCUT2D eigenvalue weighted by atomic mass is 35.5. The molecule has 0 aliphatic carbocycles. The van der Waals surface area contributed by atoms with Crippen molar-refractivity contribution in [1.29, 1.82) is 0 Å². The molecule has 0 fully saturated rings. The van der Waals surface area contributed by atoms with Crippen LogP contribution in [0.3, 0.4) is 0 Å². The largest absolute Gasteiger partial charge is 0.350 e. The van der Waals surface area contributed by atoms with Gasteiger partial charge >= 0.3 is 0 Å². The summed E-state index contributed by atoms with van der Waals surface area (Å²) in [6.07, 6.45) is 3.42. The smallest absolute Gasteiger partial charge is 0.252 e. The summed E-state index contributed by atoms with van der Waals surface area (Å²) in [6.45, 7) is 1.06. The van der Waals surface area contributed by atoms with E-state index in [0.717, 1.165) is 10.9 Å². The lowest BCUT2D eigenvalue weighted by atomic mass is 10.2. The van der Waals surface area contributed by atoms with E-state index in [1.807, 2.05) is 35.0 Å². The lowest BCUT2D eigenvalue weighted by molar-refractivity contribution is 0.0952. The first kappa shape index (κ1) is 17.5. The molecule has 2 aromatic carbocycles. The standard InChI is InChI=1S/C18H14Cl2N6O/c19-13-2-1-12-5-7-25(17(12)9-13)8-6-21-18(27)15-10-14(3-4-16(15)20)26-11-22-23-24-26/h1-5,7,9-11H,6,8H2,(H,21,27). The monoisotopic (exact) mass is 400 g/mol. The molecule has 4 rings (SSSR count). The lowest BCUT2D eigenvalue weighted by Crippen LogP contribution is -2.27. The highest BCUT2D eigenvalue weighted by Gasteiger charge is 2.12. The Bertz CT molecular complexity index is 1110. The second-order valence-corrected chi connectivity index (χ2v) is 6.73. The zero-order chi connectivity index (χ0) is 18.8. The van der Waals surface area contributed by atoms with Crippen LogP contribution in [0.1, 0.15) is 10.4 Å². The first-order valence-corrected chi connectivity index (χ1v) is 8.93. The maximum absolute atomic E-state index is 12.5. The number of aromatic nitrogens is 5. The Morgan fingerprint density at radius 3 is 2.81 bits per heavy atom. The molecule has 0 aliphatic rings. The average molecular weight is 401 g/mol. The molecule has 7 nitrogen and oxygen atoms in total. The highest BCUT2D eigenvalue weighted by molar-refractivity contribution is 6.34. The first-order valence-electron chi connectivity index (χ1n) is 8.17. The van der Waals surface area contributed by atoms with Gasteiger partial charge in [0.2, 0.25) is 0 Å². The molecule has 2 aromatic heterocycles. The predicted octanol–water partition coefficient (Wildman–Crippen LogP) is 3.35. The third-order valence-corrected chi connectivity index (χ3v) is 4.75. The van der Waals surface area contributed by atoms with Gasteiger partial charge in [-0.1, -0.05) is 29.3 Å². The molecule has 27 heavy (non-hydrogen) atoms. The number of halogens is 2. The fourth-order valence-electron chi connectivity index (χ4n) is 2.85. The van der Waals surface area contributed by atoms with Crippen LogP contribution < -0.4 is 5.32 Å². The molecule has 0 unspecified atom stereocenters. The first-order chi connectivity index (χ1) is 13.1. The van der Waals surface area contributed by atoms with Crippen LogP contribution in [0.2, 0.25) is 10.0 Å². The van der Waals surface area contributed by atoms with Gasteiger partial charge < -0.3 is 9.88 Å². The van der Waals surface area contributed by atoms with Crippen molar-refractivity contribution in [2.45, 2.75) is 6.54 Å². The number of amides is 1. The summed E-state index contributed by atoms with van der Waals surface area (Å²) in [4.78, 5) is 12.5. The van der Waals surface area contributed by atoms with E-state index in [2.05, 4.69) is 20.8 Å². The van der Waals surface area contributed by atoms with Crippen LogP contribution in [0.25, 0.3) is 16.6 Å². The van der Waals surface area contributed by atoms with Crippen molar-refractivity contribution in [2.24, 2.45) is 0 Å². The van der Waals surface area contributed by atoms with Gasteiger partial charge in [0.1, 0.15) is 6.33 Å². The Hall–Kier alpha value is -2.90. The van der Waals surface area contributed by atoms with E-state index in [1.165, 1.54) is 11.0 Å². The predicted molar refractivity (Wildman–Crippen MR) is 103 cm³/mol. The number of rotatable bonds is 5. The van der Waals surface area contributed by atoms with Crippen LogP contribution in [0, 0.1) is 0 Å². The molecule has 0 aliphatic heterocycles. The summed E-state index contributed by atoms with van der Waals surface area (Å²) in [5.41, 5.74) is 2.04. The lowest BCUT2D eigenvalue weighted by Gasteiger charge is -2.10. The van der Waals surface area contributed by atoms with Gasteiger partial charge in [0.25, 0.3) is 5.91 Å². The van der Waals surface area contributed by atoms with E-state index in [4.69, 9.17) is 23.2 Å². The average Bonchev–Trinajstić information content (AvgIpc) is 3.32. The van der Waals surface area contributed by atoms with Gasteiger partial charge in [-0.15, -0.1) is 5.10 Å². The van der Waals surface area contributed by atoms with Gasteiger partial charge in [0.15, 0.2) is 0 Å². The Morgan fingerprint density at radius 2 is 2.00 bits per heavy atom. The topological polar surface area (TPSA) is 77.6 Å². The van der Waals surface area contributed by atoms with E-state index in [1.54, 1.807) is 18.2 Å². The van der Waals surface area contributed by atoms with Crippen molar-refractivity contribution < 1.29 is 4.79 Å². The molecule has 0 radical (unpaired) electrons. The van der Waals surface area contributed by atoms with E-state index < -0.39 is 0 Å². The molecular weight excluding hydrogens is 387 g/mol. The number of hydrogen-bond acceptors (Lipinski definition) is 4. The summed E-state index contributed by atoms with van der Waals surface area (Å²) in [7, 11) is 0. The SMILES string of the molecule is O=C(NCCn1ccc2ccc(Cl)cc21)c1cc(-n2cnnn2)ccc1Cl. The summed E-state index contributed by atoms with van der Waals surface area (Å²) >= 11 is 12.3. The molecular formula is C18H14Cl2N6O. The van der Waals surface area contributed by atoms with E-state index in [-0.39, 0.29) is 5.91 Å². The fourth-order valence-corrected chi connectivity index (χ4v) is 3.22.